The summed E-state index contributed by atoms with van der Waals surface area (Å²) in [5, 5.41) is 8.69. The second-order valence-corrected chi connectivity index (χ2v) is 4.34. The summed E-state index contributed by atoms with van der Waals surface area (Å²) in [7, 11) is 0. The summed E-state index contributed by atoms with van der Waals surface area (Å²) < 4.78 is 0. The Morgan fingerprint density at radius 3 is 2.71 bits per heavy atom. The normalized spacial score (nSPS) is 19.8. The van der Waals surface area contributed by atoms with Crippen LogP contribution in [0.5, 0.6) is 0 Å². The molecule has 0 bridgehead atoms. The molecular formula is C13H15N3O. The summed E-state index contributed by atoms with van der Waals surface area (Å²) in [6, 6.07) is 8.84. The van der Waals surface area contributed by atoms with Gasteiger partial charge in [0.25, 0.3) is 5.91 Å². The summed E-state index contributed by atoms with van der Waals surface area (Å²) in [6.07, 6.45) is 1.94. The highest BCUT2D eigenvalue weighted by Gasteiger charge is 2.21. The molecule has 0 saturated carbocycles. The largest absolute Gasteiger partial charge is 0.337 e. The Balaban J connectivity index is 2.11. The van der Waals surface area contributed by atoms with Gasteiger partial charge in [0.2, 0.25) is 0 Å². The number of amides is 1. The van der Waals surface area contributed by atoms with Crippen LogP contribution in [0.4, 0.5) is 0 Å². The minimum Gasteiger partial charge on any atom is -0.337 e. The van der Waals surface area contributed by atoms with Gasteiger partial charge in [0.05, 0.1) is 11.6 Å². The van der Waals surface area contributed by atoms with Crippen molar-refractivity contribution in [2.24, 2.45) is 5.73 Å². The Hall–Kier alpha value is -1.86. The van der Waals surface area contributed by atoms with Gasteiger partial charge in [-0.25, -0.2) is 0 Å². The monoisotopic (exact) mass is 229 g/mol. The molecule has 1 saturated heterocycles. The van der Waals surface area contributed by atoms with Gasteiger partial charge in [-0.15, -0.1) is 0 Å². The van der Waals surface area contributed by atoms with E-state index in [1.54, 1.807) is 29.2 Å². The molecule has 0 radical (unpaired) electrons. The molecule has 2 rings (SSSR count). The summed E-state index contributed by atoms with van der Waals surface area (Å²) >= 11 is 0. The Bertz CT molecular complexity index is 447. The number of rotatable bonds is 1. The van der Waals surface area contributed by atoms with E-state index in [2.05, 4.69) is 0 Å². The Kier molecular flexibility index (Phi) is 3.40. The van der Waals surface area contributed by atoms with Crippen molar-refractivity contribution in [2.75, 3.05) is 13.1 Å². The van der Waals surface area contributed by atoms with E-state index >= 15 is 0 Å². The van der Waals surface area contributed by atoms with Gasteiger partial charge >= 0.3 is 0 Å². The van der Waals surface area contributed by atoms with Crippen LogP contribution in [0.2, 0.25) is 0 Å². The maximum Gasteiger partial charge on any atom is 0.253 e. The number of benzene rings is 1. The Morgan fingerprint density at radius 1 is 1.41 bits per heavy atom. The van der Waals surface area contributed by atoms with Crippen LogP contribution in [0.15, 0.2) is 24.3 Å². The van der Waals surface area contributed by atoms with Crippen molar-refractivity contribution in [3.63, 3.8) is 0 Å². The van der Waals surface area contributed by atoms with Gasteiger partial charge in [-0.05, 0) is 37.1 Å². The molecule has 1 amide bonds. The molecule has 0 aliphatic carbocycles. The fourth-order valence-corrected chi connectivity index (χ4v) is 2.06. The van der Waals surface area contributed by atoms with Crippen molar-refractivity contribution in [3.05, 3.63) is 35.4 Å². The summed E-state index contributed by atoms with van der Waals surface area (Å²) in [5.41, 5.74) is 7.04. The molecule has 1 aliphatic heterocycles. The smallest absolute Gasteiger partial charge is 0.253 e. The fourth-order valence-electron chi connectivity index (χ4n) is 2.06. The molecule has 1 heterocycles. The van der Waals surface area contributed by atoms with Gasteiger partial charge in [-0.3, -0.25) is 4.79 Å². The molecule has 1 aromatic rings. The van der Waals surface area contributed by atoms with Crippen molar-refractivity contribution in [3.8, 4) is 6.07 Å². The minimum atomic E-state index is 0.00430. The van der Waals surface area contributed by atoms with Crippen LogP contribution >= 0.6 is 0 Å². The van der Waals surface area contributed by atoms with Crippen LogP contribution in [-0.2, 0) is 0 Å². The first kappa shape index (κ1) is 11.6. The number of nitrogens with zero attached hydrogens (tertiary/aromatic N) is 2. The van der Waals surface area contributed by atoms with Crippen molar-refractivity contribution in [2.45, 2.75) is 18.9 Å². The standard InChI is InChI=1S/C13H15N3O/c14-8-10-3-5-11(6-4-10)13(17)16-7-1-2-12(15)9-16/h3-6,12H,1-2,7,9,15H2. The molecule has 88 valence electrons. The number of piperidine rings is 1. The lowest BCUT2D eigenvalue weighted by Gasteiger charge is -2.30. The number of hydrogen-bond acceptors (Lipinski definition) is 3. The third-order valence-corrected chi connectivity index (χ3v) is 3.01. The van der Waals surface area contributed by atoms with Crippen LogP contribution in [0.1, 0.15) is 28.8 Å². The molecule has 17 heavy (non-hydrogen) atoms. The van der Waals surface area contributed by atoms with Crippen molar-refractivity contribution in [1.29, 1.82) is 5.26 Å². The highest BCUT2D eigenvalue weighted by atomic mass is 16.2. The van der Waals surface area contributed by atoms with Crippen molar-refractivity contribution in [1.82, 2.24) is 4.90 Å². The number of nitriles is 1. The summed E-state index contributed by atoms with van der Waals surface area (Å²) in [6.45, 7) is 1.39. The topological polar surface area (TPSA) is 70.1 Å². The van der Waals surface area contributed by atoms with Crippen LogP contribution in [0, 0.1) is 11.3 Å². The molecule has 1 aliphatic rings. The molecule has 1 aromatic carbocycles. The van der Waals surface area contributed by atoms with E-state index in [1.807, 2.05) is 6.07 Å². The van der Waals surface area contributed by atoms with Crippen LogP contribution in [0.25, 0.3) is 0 Å². The first-order chi connectivity index (χ1) is 8.20. The highest BCUT2D eigenvalue weighted by Crippen LogP contribution is 2.13. The minimum absolute atomic E-state index is 0.00430. The zero-order chi connectivity index (χ0) is 12.3. The van der Waals surface area contributed by atoms with Gasteiger partial charge in [0.15, 0.2) is 0 Å². The van der Waals surface area contributed by atoms with Gasteiger partial charge < -0.3 is 10.6 Å². The predicted octanol–water partition coefficient (Wildman–Crippen LogP) is 1.12. The zero-order valence-electron chi connectivity index (χ0n) is 9.60. The molecule has 4 heteroatoms. The first-order valence-electron chi connectivity index (χ1n) is 5.75. The van der Waals surface area contributed by atoms with E-state index in [1.165, 1.54) is 0 Å². The molecule has 1 unspecified atom stereocenters. The number of likely N-dealkylation sites (tertiary alicyclic amines) is 1. The lowest BCUT2D eigenvalue weighted by molar-refractivity contribution is 0.0709. The van der Waals surface area contributed by atoms with Gasteiger partial charge in [0, 0.05) is 24.7 Å². The first-order valence-corrected chi connectivity index (χ1v) is 5.75. The molecule has 0 aromatic heterocycles. The highest BCUT2D eigenvalue weighted by molar-refractivity contribution is 5.94. The van der Waals surface area contributed by atoms with E-state index in [0.717, 1.165) is 19.4 Å². The Morgan fingerprint density at radius 2 is 2.12 bits per heavy atom. The third kappa shape index (κ3) is 2.63. The second-order valence-electron chi connectivity index (χ2n) is 4.34. The maximum absolute atomic E-state index is 12.1. The third-order valence-electron chi connectivity index (χ3n) is 3.01. The van der Waals surface area contributed by atoms with E-state index in [-0.39, 0.29) is 11.9 Å². The van der Waals surface area contributed by atoms with Crippen molar-refractivity contribution >= 4 is 5.91 Å². The van der Waals surface area contributed by atoms with Crippen LogP contribution in [0.3, 0.4) is 0 Å². The van der Waals surface area contributed by atoms with Gasteiger partial charge in [0.1, 0.15) is 0 Å². The SMILES string of the molecule is N#Cc1ccc(C(=O)N2CCCC(N)C2)cc1. The maximum atomic E-state index is 12.1. The van der Waals surface area contributed by atoms with E-state index in [9.17, 15) is 4.79 Å². The van der Waals surface area contributed by atoms with E-state index in [0.29, 0.717) is 17.7 Å². The molecular weight excluding hydrogens is 214 g/mol. The predicted molar refractivity (Wildman–Crippen MR) is 64.3 cm³/mol. The van der Waals surface area contributed by atoms with Gasteiger partial charge in [-0.2, -0.15) is 5.26 Å². The second kappa shape index (κ2) is 4.98. The lowest BCUT2D eigenvalue weighted by Crippen LogP contribution is -2.45. The zero-order valence-corrected chi connectivity index (χ0v) is 9.60. The molecule has 4 nitrogen and oxygen atoms in total. The average Bonchev–Trinajstić information content (AvgIpc) is 2.38. The number of carbonyl (C=O) groups excluding carboxylic acids is 1. The molecule has 0 spiro atoms. The van der Waals surface area contributed by atoms with Crippen LogP contribution < -0.4 is 5.73 Å². The van der Waals surface area contributed by atoms with Crippen molar-refractivity contribution < 1.29 is 4.79 Å². The average molecular weight is 229 g/mol. The lowest BCUT2D eigenvalue weighted by atomic mass is 10.0. The molecule has 1 fully saturated rings. The van der Waals surface area contributed by atoms with Gasteiger partial charge in [-0.1, -0.05) is 0 Å². The number of nitrogens with two attached hydrogens (primary N) is 1. The molecule has 2 N–H and O–H groups in total. The quantitative estimate of drug-likeness (QED) is 0.784. The van der Waals surface area contributed by atoms with E-state index in [4.69, 9.17) is 11.0 Å². The summed E-state index contributed by atoms with van der Waals surface area (Å²) in [4.78, 5) is 13.9. The number of carbonyl (C=O) groups is 1. The van der Waals surface area contributed by atoms with E-state index < -0.39 is 0 Å². The molecule has 1 atom stereocenters. The Labute approximate surface area is 101 Å². The van der Waals surface area contributed by atoms with Crippen LogP contribution in [-0.4, -0.2) is 29.9 Å². The number of hydrogen-bond donors (Lipinski definition) is 1. The summed E-state index contributed by atoms with van der Waals surface area (Å²) in [5.74, 6) is 0.00430. The fraction of sp³-hybridized carbons (Fsp3) is 0.385.